The van der Waals surface area contributed by atoms with Crippen LogP contribution in [0, 0.1) is 19.3 Å². The molecule has 0 atom stereocenters. The Hall–Kier alpha value is -0.830. The summed E-state index contributed by atoms with van der Waals surface area (Å²) in [6.45, 7) is 12.8. The number of nitrogens with two attached hydrogens (primary N) is 1. The number of hydrogen-bond acceptors (Lipinski definition) is 2. The largest absolute Gasteiger partial charge is 0.330 e. The molecular weight excluding hydrogens is 222 g/mol. The van der Waals surface area contributed by atoms with E-state index in [1.807, 2.05) is 0 Å². The summed E-state index contributed by atoms with van der Waals surface area (Å²) < 4.78 is 2.17. The first-order chi connectivity index (χ1) is 8.41. The summed E-state index contributed by atoms with van der Waals surface area (Å²) in [7, 11) is 0. The smallest absolute Gasteiger partial charge is 0.0628 e. The molecule has 0 fully saturated rings. The summed E-state index contributed by atoms with van der Waals surface area (Å²) in [5.41, 5.74) is 9.98. The maximum absolute atomic E-state index is 5.75. The monoisotopic (exact) mass is 251 g/mol. The maximum atomic E-state index is 5.75. The van der Waals surface area contributed by atoms with Crippen LogP contribution >= 0.6 is 0 Å². The molecule has 0 bridgehead atoms. The van der Waals surface area contributed by atoms with Crippen molar-refractivity contribution in [2.75, 3.05) is 6.54 Å². The number of unbranched alkanes of at least 4 members (excludes halogenated alkanes) is 1. The van der Waals surface area contributed by atoms with Gasteiger partial charge in [0.25, 0.3) is 0 Å². The van der Waals surface area contributed by atoms with Gasteiger partial charge in [-0.1, -0.05) is 27.2 Å². The summed E-state index contributed by atoms with van der Waals surface area (Å²) in [5.74, 6) is 0. The topological polar surface area (TPSA) is 43.8 Å². The van der Waals surface area contributed by atoms with Crippen molar-refractivity contribution in [1.29, 1.82) is 0 Å². The predicted octanol–water partition coefficient (Wildman–Crippen LogP) is 3.22. The second kappa shape index (κ2) is 6.37. The van der Waals surface area contributed by atoms with Crippen LogP contribution < -0.4 is 5.73 Å². The second-order valence-corrected chi connectivity index (χ2v) is 6.05. The van der Waals surface area contributed by atoms with Crippen molar-refractivity contribution in [3.8, 4) is 0 Å². The van der Waals surface area contributed by atoms with Crippen molar-refractivity contribution in [2.45, 2.75) is 66.8 Å². The van der Waals surface area contributed by atoms with E-state index in [0.29, 0.717) is 0 Å². The first kappa shape index (κ1) is 15.2. The minimum absolute atomic E-state index is 0.281. The van der Waals surface area contributed by atoms with Gasteiger partial charge in [0, 0.05) is 12.2 Å². The Morgan fingerprint density at radius 3 is 2.39 bits per heavy atom. The lowest BCUT2D eigenvalue weighted by Crippen LogP contribution is -2.23. The van der Waals surface area contributed by atoms with Crippen LogP contribution in [0.1, 0.15) is 57.0 Å². The fraction of sp³-hybridized carbons (Fsp3) is 0.800. The van der Waals surface area contributed by atoms with Crippen LogP contribution in [0.25, 0.3) is 0 Å². The molecule has 3 nitrogen and oxygen atoms in total. The molecule has 2 N–H and O–H groups in total. The lowest BCUT2D eigenvalue weighted by Gasteiger charge is -2.21. The van der Waals surface area contributed by atoms with E-state index in [1.54, 1.807) is 0 Å². The molecule has 104 valence electrons. The molecule has 0 unspecified atom stereocenters. The van der Waals surface area contributed by atoms with Crippen LogP contribution in [-0.2, 0) is 13.0 Å². The zero-order chi connectivity index (χ0) is 13.8. The van der Waals surface area contributed by atoms with E-state index >= 15 is 0 Å². The zero-order valence-corrected chi connectivity index (χ0v) is 12.7. The summed E-state index contributed by atoms with van der Waals surface area (Å²) in [4.78, 5) is 0. The maximum Gasteiger partial charge on any atom is 0.0628 e. The lowest BCUT2D eigenvalue weighted by molar-refractivity contribution is 0.327. The summed E-state index contributed by atoms with van der Waals surface area (Å²) in [6, 6.07) is 0. The Balaban J connectivity index is 2.45. The van der Waals surface area contributed by atoms with Crippen molar-refractivity contribution in [2.24, 2.45) is 11.1 Å². The third kappa shape index (κ3) is 3.84. The van der Waals surface area contributed by atoms with Gasteiger partial charge >= 0.3 is 0 Å². The Kier molecular flexibility index (Phi) is 5.39. The summed E-state index contributed by atoms with van der Waals surface area (Å²) in [5, 5.41) is 4.63. The molecule has 0 amide bonds. The molecule has 0 aliphatic heterocycles. The third-order valence-electron chi connectivity index (χ3n) is 3.91. The van der Waals surface area contributed by atoms with Gasteiger partial charge in [-0.2, -0.15) is 5.10 Å². The molecule has 1 heterocycles. The highest BCUT2D eigenvalue weighted by atomic mass is 15.3. The van der Waals surface area contributed by atoms with Gasteiger partial charge in [0.05, 0.1) is 5.69 Å². The quantitative estimate of drug-likeness (QED) is 0.756. The van der Waals surface area contributed by atoms with Crippen LogP contribution in [0.5, 0.6) is 0 Å². The van der Waals surface area contributed by atoms with Crippen molar-refractivity contribution in [3.63, 3.8) is 0 Å². The van der Waals surface area contributed by atoms with Gasteiger partial charge in [-0.25, -0.2) is 0 Å². The highest BCUT2D eigenvalue weighted by molar-refractivity contribution is 5.24. The van der Waals surface area contributed by atoms with Gasteiger partial charge in [-0.3, -0.25) is 4.68 Å². The molecule has 0 saturated carbocycles. The predicted molar refractivity (Wildman–Crippen MR) is 77.8 cm³/mol. The van der Waals surface area contributed by atoms with Crippen molar-refractivity contribution >= 4 is 0 Å². The molecule has 0 aliphatic rings. The standard InChI is InChI=1S/C15H29N3/c1-6-14-12(2)17-18(13(14)3)10-8-7-9-15(4,5)11-16/h6-11,16H2,1-5H3. The fourth-order valence-corrected chi connectivity index (χ4v) is 2.43. The van der Waals surface area contributed by atoms with Crippen LogP contribution in [0.2, 0.25) is 0 Å². The summed E-state index contributed by atoms with van der Waals surface area (Å²) >= 11 is 0. The minimum Gasteiger partial charge on any atom is -0.330 e. The number of rotatable bonds is 7. The van der Waals surface area contributed by atoms with E-state index in [4.69, 9.17) is 5.73 Å². The molecule has 0 saturated heterocycles. The van der Waals surface area contributed by atoms with Crippen LogP contribution in [-0.4, -0.2) is 16.3 Å². The van der Waals surface area contributed by atoms with Crippen LogP contribution in [0.15, 0.2) is 0 Å². The highest BCUT2D eigenvalue weighted by Crippen LogP contribution is 2.22. The SMILES string of the molecule is CCc1c(C)nn(CCCCC(C)(C)CN)c1C. The first-order valence-electron chi connectivity index (χ1n) is 7.14. The van der Waals surface area contributed by atoms with Crippen molar-refractivity contribution in [1.82, 2.24) is 9.78 Å². The molecule has 1 rings (SSSR count). The normalized spacial score (nSPS) is 12.1. The van der Waals surface area contributed by atoms with Gasteiger partial charge in [0.1, 0.15) is 0 Å². The van der Waals surface area contributed by atoms with Gasteiger partial charge in [-0.05, 0) is 50.6 Å². The van der Waals surface area contributed by atoms with Crippen molar-refractivity contribution < 1.29 is 0 Å². The highest BCUT2D eigenvalue weighted by Gasteiger charge is 2.15. The average molecular weight is 251 g/mol. The third-order valence-corrected chi connectivity index (χ3v) is 3.91. The second-order valence-electron chi connectivity index (χ2n) is 6.05. The summed E-state index contributed by atoms with van der Waals surface area (Å²) in [6.07, 6.45) is 4.69. The number of hydrogen-bond donors (Lipinski definition) is 1. The average Bonchev–Trinajstić information content (AvgIpc) is 2.60. The molecule has 1 aromatic heterocycles. The molecule has 0 aromatic carbocycles. The van der Waals surface area contributed by atoms with E-state index < -0.39 is 0 Å². The minimum atomic E-state index is 0.281. The Labute approximate surface area is 112 Å². The number of aryl methyl sites for hydroxylation is 2. The van der Waals surface area contributed by atoms with Gasteiger partial charge in [-0.15, -0.1) is 0 Å². The van der Waals surface area contributed by atoms with E-state index in [9.17, 15) is 0 Å². The number of nitrogens with zero attached hydrogens (tertiary/aromatic N) is 2. The van der Waals surface area contributed by atoms with Crippen molar-refractivity contribution in [3.05, 3.63) is 17.0 Å². The Morgan fingerprint density at radius 2 is 1.89 bits per heavy atom. The molecule has 0 radical (unpaired) electrons. The number of aromatic nitrogens is 2. The van der Waals surface area contributed by atoms with E-state index in [1.165, 1.54) is 36.2 Å². The van der Waals surface area contributed by atoms with E-state index in [-0.39, 0.29) is 5.41 Å². The van der Waals surface area contributed by atoms with E-state index in [2.05, 4.69) is 44.4 Å². The molecule has 1 aromatic rings. The Morgan fingerprint density at radius 1 is 1.22 bits per heavy atom. The molecule has 0 spiro atoms. The van der Waals surface area contributed by atoms with Gasteiger partial charge in [0.15, 0.2) is 0 Å². The molecular formula is C15H29N3. The molecule has 3 heteroatoms. The Bertz CT molecular complexity index is 377. The van der Waals surface area contributed by atoms with E-state index in [0.717, 1.165) is 19.5 Å². The molecule has 0 aliphatic carbocycles. The molecule has 18 heavy (non-hydrogen) atoms. The van der Waals surface area contributed by atoms with Crippen LogP contribution in [0.3, 0.4) is 0 Å². The fourth-order valence-electron chi connectivity index (χ4n) is 2.43. The lowest BCUT2D eigenvalue weighted by atomic mass is 9.87. The van der Waals surface area contributed by atoms with Crippen LogP contribution in [0.4, 0.5) is 0 Å². The zero-order valence-electron chi connectivity index (χ0n) is 12.7. The van der Waals surface area contributed by atoms with Gasteiger partial charge in [0.2, 0.25) is 0 Å². The van der Waals surface area contributed by atoms with Gasteiger partial charge < -0.3 is 5.73 Å². The first-order valence-corrected chi connectivity index (χ1v) is 7.14.